The number of anilines is 1. The third-order valence-corrected chi connectivity index (χ3v) is 5.18. The van der Waals surface area contributed by atoms with E-state index >= 15 is 0 Å². The van der Waals surface area contributed by atoms with Crippen LogP contribution in [0, 0.1) is 21.4 Å². The maximum atomic E-state index is 13.1. The van der Waals surface area contributed by atoms with Gasteiger partial charge in [0.2, 0.25) is 0 Å². The Morgan fingerprint density at radius 1 is 1.23 bits per heavy atom. The predicted molar refractivity (Wildman–Crippen MR) is 100.0 cm³/mol. The Morgan fingerprint density at radius 2 is 2.03 bits per heavy atom. The van der Waals surface area contributed by atoms with E-state index in [2.05, 4.69) is 10.2 Å². The fourth-order valence-corrected chi connectivity index (χ4v) is 3.77. The van der Waals surface area contributed by atoms with Gasteiger partial charge in [-0.05, 0) is 37.1 Å². The van der Waals surface area contributed by atoms with Crippen molar-refractivity contribution >= 4 is 17.0 Å². The van der Waals surface area contributed by atoms with Gasteiger partial charge in [-0.25, -0.2) is 0 Å². The van der Waals surface area contributed by atoms with Crippen molar-refractivity contribution in [3.63, 3.8) is 0 Å². The Labute approximate surface area is 168 Å². The van der Waals surface area contributed by atoms with Crippen molar-refractivity contribution in [3.8, 4) is 6.07 Å². The standard InChI is InChI=1S/C19H15F3N6O2/c20-19(21,22)14-4-6-17-24-25-18(27(17)11-14)13-2-1-7-26(10-13)15-5-3-12(9-23)8-16(15)28(29)30/h3-6,8,11,13H,1-2,7,10H2. The van der Waals surface area contributed by atoms with E-state index in [1.807, 2.05) is 11.0 Å². The molecule has 1 aliphatic rings. The largest absolute Gasteiger partial charge is 0.417 e. The molecular weight excluding hydrogens is 401 g/mol. The molecule has 1 saturated heterocycles. The first-order chi connectivity index (χ1) is 14.3. The lowest BCUT2D eigenvalue weighted by Crippen LogP contribution is -2.35. The molecule has 0 bridgehead atoms. The van der Waals surface area contributed by atoms with Gasteiger partial charge in [0.05, 0.1) is 22.1 Å². The van der Waals surface area contributed by atoms with Crippen LogP contribution in [0.15, 0.2) is 36.5 Å². The number of aromatic nitrogens is 3. The number of nitro groups is 1. The van der Waals surface area contributed by atoms with Gasteiger partial charge in [0, 0.05) is 31.3 Å². The fraction of sp³-hybridized carbons (Fsp3) is 0.316. The van der Waals surface area contributed by atoms with Gasteiger partial charge in [0.15, 0.2) is 5.65 Å². The minimum absolute atomic E-state index is 0.180. The van der Waals surface area contributed by atoms with Gasteiger partial charge >= 0.3 is 6.18 Å². The molecule has 3 heterocycles. The second-order valence-corrected chi connectivity index (χ2v) is 7.06. The highest BCUT2D eigenvalue weighted by Gasteiger charge is 2.33. The molecule has 154 valence electrons. The van der Waals surface area contributed by atoms with Crippen molar-refractivity contribution in [1.29, 1.82) is 5.26 Å². The summed E-state index contributed by atoms with van der Waals surface area (Å²) in [6.07, 6.45) is -2.17. The maximum absolute atomic E-state index is 13.1. The Bertz CT molecular complexity index is 1170. The molecule has 8 nitrogen and oxygen atoms in total. The van der Waals surface area contributed by atoms with Crippen LogP contribution in [0.5, 0.6) is 0 Å². The fourth-order valence-electron chi connectivity index (χ4n) is 3.77. The normalized spacial score (nSPS) is 17.1. The van der Waals surface area contributed by atoms with Gasteiger partial charge in [-0.1, -0.05) is 0 Å². The summed E-state index contributed by atoms with van der Waals surface area (Å²) < 4.78 is 40.7. The smallest absolute Gasteiger partial charge is 0.365 e. The molecule has 1 unspecified atom stereocenters. The van der Waals surface area contributed by atoms with Crippen molar-refractivity contribution < 1.29 is 18.1 Å². The summed E-state index contributed by atoms with van der Waals surface area (Å²) >= 11 is 0. The summed E-state index contributed by atoms with van der Waals surface area (Å²) in [6.45, 7) is 0.886. The molecule has 30 heavy (non-hydrogen) atoms. The second-order valence-electron chi connectivity index (χ2n) is 7.06. The second kappa shape index (κ2) is 7.29. The molecular formula is C19H15F3N6O2. The number of hydrogen-bond acceptors (Lipinski definition) is 6. The number of hydrogen-bond donors (Lipinski definition) is 0. The third-order valence-electron chi connectivity index (χ3n) is 5.18. The summed E-state index contributed by atoms with van der Waals surface area (Å²) in [5.41, 5.74) is -0.123. The lowest BCUT2D eigenvalue weighted by Gasteiger charge is -2.33. The first kappa shape index (κ1) is 19.6. The summed E-state index contributed by atoms with van der Waals surface area (Å²) in [7, 11) is 0. The van der Waals surface area contributed by atoms with Crippen molar-refractivity contribution in [2.24, 2.45) is 0 Å². The highest BCUT2D eigenvalue weighted by atomic mass is 19.4. The zero-order valence-electron chi connectivity index (χ0n) is 15.5. The number of rotatable bonds is 3. The number of nitriles is 1. The molecule has 0 saturated carbocycles. The van der Waals surface area contributed by atoms with E-state index in [-0.39, 0.29) is 17.2 Å². The molecule has 2 aromatic heterocycles. The summed E-state index contributed by atoms with van der Waals surface area (Å²) in [4.78, 5) is 12.8. The number of fused-ring (bicyclic) bond motifs is 1. The minimum atomic E-state index is -4.49. The number of alkyl halides is 3. The molecule has 1 aliphatic heterocycles. The number of nitro benzene ring substituents is 1. The SMILES string of the molecule is N#Cc1ccc(N2CCCC(c3nnc4ccc(C(F)(F)F)cn34)C2)c([N+](=O)[O-])c1. The lowest BCUT2D eigenvalue weighted by molar-refractivity contribution is -0.384. The lowest BCUT2D eigenvalue weighted by atomic mass is 9.96. The summed E-state index contributed by atoms with van der Waals surface area (Å²) in [5.74, 6) is 0.129. The van der Waals surface area contributed by atoms with Crippen molar-refractivity contribution in [1.82, 2.24) is 14.6 Å². The van der Waals surface area contributed by atoms with E-state index in [9.17, 15) is 23.3 Å². The Morgan fingerprint density at radius 3 is 2.73 bits per heavy atom. The average Bonchev–Trinajstić information content (AvgIpc) is 3.16. The van der Waals surface area contributed by atoms with E-state index in [0.717, 1.165) is 12.3 Å². The average molecular weight is 416 g/mol. The minimum Gasteiger partial charge on any atom is -0.365 e. The van der Waals surface area contributed by atoms with Gasteiger partial charge in [0.25, 0.3) is 5.69 Å². The van der Waals surface area contributed by atoms with E-state index in [1.165, 1.54) is 28.7 Å². The molecule has 0 N–H and O–H groups in total. The number of benzene rings is 1. The zero-order chi connectivity index (χ0) is 21.5. The van der Waals surface area contributed by atoms with Crippen LogP contribution in [0.2, 0.25) is 0 Å². The number of halogens is 3. The van der Waals surface area contributed by atoms with Crippen LogP contribution in [-0.4, -0.2) is 32.6 Å². The van der Waals surface area contributed by atoms with Crippen LogP contribution in [0.4, 0.5) is 24.5 Å². The maximum Gasteiger partial charge on any atom is 0.417 e. The van der Waals surface area contributed by atoms with Crippen LogP contribution in [0.1, 0.15) is 35.7 Å². The van der Waals surface area contributed by atoms with Gasteiger partial charge in [-0.3, -0.25) is 14.5 Å². The summed E-state index contributed by atoms with van der Waals surface area (Å²) in [6, 6.07) is 8.37. The van der Waals surface area contributed by atoms with Crippen LogP contribution in [0.3, 0.4) is 0 Å². The Hall–Kier alpha value is -3.68. The highest BCUT2D eigenvalue weighted by Crippen LogP contribution is 2.35. The molecule has 3 aromatic rings. The molecule has 0 radical (unpaired) electrons. The highest BCUT2D eigenvalue weighted by molar-refractivity contribution is 5.66. The Balaban J connectivity index is 1.69. The van der Waals surface area contributed by atoms with E-state index in [1.54, 1.807) is 0 Å². The number of pyridine rings is 1. The molecule has 0 amide bonds. The first-order valence-electron chi connectivity index (χ1n) is 9.13. The molecule has 4 rings (SSSR count). The zero-order valence-corrected chi connectivity index (χ0v) is 15.5. The van der Waals surface area contributed by atoms with Gasteiger partial charge < -0.3 is 4.90 Å². The molecule has 1 aromatic carbocycles. The van der Waals surface area contributed by atoms with E-state index in [4.69, 9.17) is 5.26 Å². The van der Waals surface area contributed by atoms with Gasteiger partial charge in [-0.2, -0.15) is 18.4 Å². The summed E-state index contributed by atoms with van der Waals surface area (Å²) in [5, 5.41) is 28.6. The topological polar surface area (TPSA) is 100 Å². The van der Waals surface area contributed by atoms with Crippen LogP contribution >= 0.6 is 0 Å². The van der Waals surface area contributed by atoms with Gasteiger partial charge in [0.1, 0.15) is 11.5 Å². The predicted octanol–water partition coefficient (Wildman–Crippen LogP) is 3.91. The molecule has 1 atom stereocenters. The monoisotopic (exact) mass is 416 g/mol. The molecule has 11 heteroatoms. The molecule has 1 fully saturated rings. The third kappa shape index (κ3) is 3.52. The molecule has 0 spiro atoms. The van der Waals surface area contributed by atoms with Crippen LogP contribution in [0.25, 0.3) is 5.65 Å². The van der Waals surface area contributed by atoms with Gasteiger partial charge in [-0.15, -0.1) is 10.2 Å². The van der Waals surface area contributed by atoms with E-state index in [0.29, 0.717) is 43.1 Å². The molecule has 0 aliphatic carbocycles. The first-order valence-corrected chi connectivity index (χ1v) is 9.13. The van der Waals surface area contributed by atoms with Crippen molar-refractivity contribution in [3.05, 3.63) is 63.6 Å². The number of nitrogens with zero attached hydrogens (tertiary/aromatic N) is 6. The van der Waals surface area contributed by atoms with Crippen molar-refractivity contribution in [2.45, 2.75) is 24.9 Å². The van der Waals surface area contributed by atoms with E-state index < -0.39 is 16.7 Å². The van der Waals surface area contributed by atoms with Crippen LogP contribution in [-0.2, 0) is 6.18 Å². The Kier molecular flexibility index (Phi) is 4.77. The van der Waals surface area contributed by atoms with Crippen molar-refractivity contribution in [2.75, 3.05) is 18.0 Å². The number of piperidine rings is 1. The quantitative estimate of drug-likeness (QED) is 0.474. The van der Waals surface area contributed by atoms with Crippen LogP contribution < -0.4 is 4.90 Å².